The minimum Gasteiger partial charge on any atom is -0.357 e. The molecule has 0 saturated carbocycles. The summed E-state index contributed by atoms with van der Waals surface area (Å²) in [4.78, 5) is 21.1. The number of anilines is 1. The van der Waals surface area contributed by atoms with E-state index in [4.69, 9.17) is 0 Å². The quantitative estimate of drug-likeness (QED) is 0.861. The topological polar surface area (TPSA) is 36.4 Å². The maximum absolute atomic E-state index is 12.3. The Balaban J connectivity index is 1.86. The fourth-order valence-electron chi connectivity index (χ4n) is 3.09. The molecule has 122 valence electrons. The molecule has 1 aliphatic rings. The number of aryl methyl sites for hydroxylation is 1. The molecule has 0 bridgehead atoms. The Morgan fingerprint density at radius 2 is 1.95 bits per heavy atom. The largest absolute Gasteiger partial charge is 0.357 e. The Hall–Kier alpha value is -1.58. The van der Waals surface area contributed by atoms with Crippen LogP contribution < -0.4 is 4.90 Å². The van der Waals surface area contributed by atoms with Gasteiger partial charge in [-0.15, -0.1) is 0 Å². The fraction of sp³-hybridized carbons (Fsp3) is 0.667. The zero-order valence-corrected chi connectivity index (χ0v) is 14.6. The average Bonchev–Trinajstić information content (AvgIpc) is 2.46. The van der Waals surface area contributed by atoms with Crippen LogP contribution in [-0.4, -0.2) is 42.5 Å². The summed E-state index contributed by atoms with van der Waals surface area (Å²) in [5, 5.41) is 0. The highest BCUT2D eigenvalue weighted by Crippen LogP contribution is 2.24. The van der Waals surface area contributed by atoms with Crippen LogP contribution in [0.2, 0.25) is 0 Å². The minimum atomic E-state index is -0.291. The number of amides is 1. The van der Waals surface area contributed by atoms with Crippen molar-refractivity contribution >= 4 is 11.7 Å². The number of piperidine rings is 1. The van der Waals surface area contributed by atoms with Gasteiger partial charge in [0.25, 0.3) is 0 Å². The summed E-state index contributed by atoms with van der Waals surface area (Å²) in [5.41, 5.74) is 0.774. The highest BCUT2D eigenvalue weighted by Gasteiger charge is 2.28. The summed E-state index contributed by atoms with van der Waals surface area (Å²) in [6.45, 7) is 10.9. The number of pyridine rings is 1. The Morgan fingerprint density at radius 1 is 1.32 bits per heavy atom. The number of carbonyl (C=O) groups excluding carboxylic acids is 1. The zero-order valence-electron chi connectivity index (χ0n) is 14.6. The van der Waals surface area contributed by atoms with Gasteiger partial charge in [0.1, 0.15) is 5.82 Å². The van der Waals surface area contributed by atoms with E-state index in [1.165, 1.54) is 0 Å². The van der Waals surface area contributed by atoms with Crippen molar-refractivity contribution in [3.05, 3.63) is 23.9 Å². The van der Waals surface area contributed by atoms with Crippen LogP contribution in [-0.2, 0) is 4.79 Å². The van der Waals surface area contributed by atoms with E-state index < -0.39 is 0 Å². The summed E-state index contributed by atoms with van der Waals surface area (Å²) in [6, 6.07) is 6.19. The monoisotopic (exact) mass is 303 g/mol. The number of aromatic nitrogens is 1. The molecule has 1 fully saturated rings. The van der Waals surface area contributed by atoms with Gasteiger partial charge in [-0.1, -0.05) is 26.8 Å². The lowest BCUT2D eigenvalue weighted by Crippen LogP contribution is -2.42. The van der Waals surface area contributed by atoms with Crippen LogP contribution in [0.1, 0.15) is 39.3 Å². The van der Waals surface area contributed by atoms with Gasteiger partial charge in [-0.2, -0.15) is 0 Å². The highest BCUT2D eigenvalue weighted by atomic mass is 16.2. The van der Waals surface area contributed by atoms with E-state index in [-0.39, 0.29) is 11.3 Å². The third-order valence-corrected chi connectivity index (χ3v) is 4.33. The maximum Gasteiger partial charge on any atom is 0.227 e. The van der Waals surface area contributed by atoms with E-state index >= 15 is 0 Å². The van der Waals surface area contributed by atoms with Gasteiger partial charge in [0, 0.05) is 37.8 Å². The van der Waals surface area contributed by atoms with Crippen molar-refractivity contribution in [3.63, 3.8) is 0 Å². The van der Waals surface area contributed by atoms with Gasteiger partial charge in [0.2, 0.25) is 5.91 Å². The molecule has 0 atom stereocenters. The van der Waals surface area contributed by atoms with Gasteiger partial charge < -0.3 is 9.80 Å². The van der Waals surface area contributed by atoms with Crippen LogP contribution in [0.25, 0.3) is 0 Å². The van der Waals surface area contributed by atoms with Crippen LogP contribution >= 0.6 is 0 Å². The molecule has 4 nitrogen and oxygen atoms in total. The molecule has 2 rings (SSSR count). The average molecular weight is 303 g/mol. The van der Waals surface area contributed by atoms with Crippen molar-refractivity contribution in [2.75, 3.05) is 31.6 Å². The summed E-state index contributed by atoms with van der Waals surface area (Å²) >= 11 is 0. The summed E-state index contributed by atoms with van der Waals surface area (Å²) < 4.78 is 0. The third-order valence-electron chi connectivity index (χ3n) is 4.33. The van der Waals surface area contributed by atoms with Gasteiger partial charge in [-0.3, -0.25) is 4.79 Å². The van der Waals surface area contributed by atoms with Crippen molar-refractivity contribution in [2.45, 2.75) is 40.5 Å². The molecule has 1 aromatic rings. The number of rotatable bonds is 3. The molecule has 1 aliphatic heterocycles. The lowest BCUT2D eigenvalue weighted by Gasteiger charge is -2.36. The van der Waals surface area contributed by atoms with Gasteiger partial charge in [0.05, 0.1) is 0 Å². The summed E-state index contributed by atoms with van der Waals surface area (Å²) in [7, 11) is 1.93. The maximum atomic E-state index is 12.3. The van der Waals surface area contributed by atoms with E-state index in [0.29, 0.717) is 5.92 Å². The number of hydrogen-bond donors (Lipinski definition) is 0. The first kappa shape index (κ1) is 16.8. The first-order valence-electron chi connectivity index (χ1n) is 8.21. The molecular formula is C18H29N3O. The molecule has 0 radical (unpaired) electrons. The molecule has 0 spiro atoms. The molecule has 0 aliphatic carbocycles. The van der Waals surface area contributed by atoms with E-state index in [0.717, 1.165) is 44.0 Å². The second-order valence-corrected chi connectivity index (χ2v) is 7.50. The van der Waals surface area contributed by atoms with E-state index in [2.05, 4.69) is 22.0 Å². The SMILES string of the molecule is Cc1cccc(N2CCC(CN(C)C(=O)C(C)(C)C)CC2)n1. The first-order valence-corrected chi connectivity index (χ1v) is 8.21. The Morgan fingerprint density at radius 3 is 2.50 bits per heavy atom. The lowest BCUT2D eigenvalue weighted by atomic mass is 9.92. The van der Waals surface area contributed by atoms with Gasteiger partial charge in [-0.05, 0) is 37.8 Å². The van der Waals surface area contributed by atoms with E-state index in [1.807, 2.05) is 45.7 Å². The van der Waals surface area contributed by atoms with Crippen molar-refractivity contribution in [2.24, 2.45) is 11.3 Å². The van der Waals surface area contributed by atoms with Crippen LogP contribution in [0, 0.1) is 18.3 Å². The van der Waals surface area contributed by atoms with Crippen molar-refractivity contribution in [1.82, 2.24) is 9.88 Å². The Kier molecular flexibility index (Phi) is 5.09. The molecule has 1 aromatic heterocycles. The first-order chi connectivity index (χ1) is 10.3. The lowest BCUT2D eigenvalue weighted by molar-refractivity contribution is -0.138. The highest BCUT2D eigenvalue weighted by molar-refractivity contribution is 5.81. The van der Waals surface area contributed by atoms with Gasteiger partial charge in [0.15, 0.2) is 0 Å². The minimum absolute atomic E-state index is 0.232. The molecule has 1 amide bonds. The number of carbonyl (C=O) groups is 1. The molecular weight excluding hydrogens is 274 g/mol. The number of hydrogen-bond acceptors (Lipinski definition) is 3. The second-order valence-electron chi connectivity index (χ2n) is 7.50. The van der Waals surface area contributed by atoms with E-state index in [9.17, 15) is 4.79 Å². The molecule has 22 heavy (non-hydrogen) atoms. The van der Waals surface area contributed by atoms with Crippen LogP contribution in [0.3, 0.4) is 0 Å². The van der Waals surface area contributed by atoms with Crippen LogP contribution in [0.5, 0.6) is 0 Å². The fourth-order valence-corrected chi connectivity index (χ4v) is 3.09. The van der Waals surface area contributed by atoms with E-state index in [1.54, 1.807) is 0 Å². The molecule has 0 N–H and O–H groups in total. The van der Waals surface area contributed by atoms with Crippen molar-refractivity contribution in [3.8, 4) is 0 Å². The number of nitrogens with zero attached hydrogens (tertiary/aromatic N) is 3. The predicted molar refractivity (Wildman–Crippen MR) is 91.0 cm³/mol. The molecule has 0 aromatic carbocycles. The third kappa shape index (κ3) is 4.21. The molecule has 0 unspecified atom stereocenters. The van der Waals surface area contributed by atoms with Crippen molar-refractivity contribution < 1.29 is 4.79 Å². The molecule has 4 heteroatoms. The van der Waals surface area contributed by atoms with Crippen LogP contribution in [0.15, 0.2) is 18.2 Å². The van der Waals surface area contributed by atoms with Crippen LogP contribution in [0.4, 0.5) is 5.82 Å². The summed E-state index contributed by atoms with van der Waals surface area (Å²) in [6.07, 6.45) is 2.24. The molecule has 2 heterocycles. The second kappa shape index (κ2) is 6.67. The van der Waals surface area contributed by atoms with Gasteiger partial charge >= 0.3 is 0 Å². The predicted octanol–water partition coefficient (Wildman–Crippen LogP) is 3.11. The smallest absolute Gasteiger partial charge is 0.227 e. The van der Waals surface area contributed by atoms with Crippen molar-refractivity contribution in [1.29, 1.82) is 0 Å². The summed E-state index contributed by atoms with van der Waals surface area (Å²) in [5.74, 6) is 1.91. The Bertz CT molecular complexity index is 513. The Labute approximate surface area is 134 Å². The zero-order chi connectivity index (χ0) is 16.3. The normalized spacial score (nSPS) is 16.7. The van der Waals surface area contributed by atoms with Gasteiger partial charge in [-0.25, -0.2) is 4.98 Å². The standard InChI is InChI=1S/C18H29N3O/c1-14-7-6-8-16(19-14)21-11-9-15(10-12-21)13-20(5)17(22)18(2,3)4/h6-8,15H,9-13H2,1-5H3. The molecule has 1 saturated heterocycles.